The number of ether oxygens (including phenoxy) is 1. The van der Waals surface area contributed by atoms with Gasteiger partial charge in [0.15, 0.2) is 0 Å². The van der Waals surface area contributed by atoms with Crippen LogP contribution in [-0.4, -0.2) is 31.2 Å². The zero-order valence-electron chi connectivity index (χ0n) is 4.83. The molecule has 0 saturated heterocycles. The Kier molecular flexibility index (Phi) is 4.50. The first-order chi connectivity index (χ1) is 3.85. The van der Waals surface area contributed by atoms with Crippen molar-refractivity contribution in [3.8, 4) is 0 Å². The lowest BCUT2D eigenvalue weighted by Crippen LogP contribution is -2.15. The van der Waals surface area contributed by atoms with Crippen LogP contribution in [0.2, 0.25) is 0 Å². The number of hydrogen-bond acceptors (Lipinski definition) is 3. The van der Waals surface area contributed by atoms with Crippen LogP contribution < -0.4 is 0 Å². The summed E-state index contributed by atoms with van der Waals surface area (Å²) >= 11 is 0. The normalized spacial score (nSPS) is 13.2. The van der Waals surface area contributed by atoms with Crippen LogP contribution in [0.1, 0.15) is 6.42 Å². The van der Waals surface area contributed by atoms with E-state index in [0.29, 0.717) is 0 Å². The third-order valence-corrected chi connectivity index (χ3v) is 0.896. The van der Waals surface area contributed by atoms with Crippen molar-refractivity contribution in [1.82, 2.24) is 0 Å². The number of hydrogen-bond donors (Lipinski definition) is 1. The molecule has 48 valence electrons. The van der Waals surface area contributed by atoms with E-state index in [0.717, 1.165) is 6.29 Å². The highest BCUT2D eigenvalue weighted by Gasteiger charge is 2.01. The van der Waals surface area contributed by atoms with Crippen molar-refractivity contribution in [1.29, 1.82) is 0 Å². The van der Waals surface area contributed by atoms with Crippen LogP contribution in [0, 0.1) is 0 Å². The van der Waals surface area contributed by atoms with Gasteiger partial charge in [-0.15, -0.1) is 0 Å². The Balaban J connectivity index is 3.20. The highest BCUT2D eigenvalue weighted by atomic mass is 16.5. The van der Waals surface area contributed by atoms with E-state index >= 15 is 0 Å². The van der Waals surface area contributed by atoms with Crippen LogP contribution in [0.15, 0.2) is 0 Å². The minimum Gasteiger partial charge on any atom is -0.394 e. The minimum absolute atomic E-state index is 0.0881. The fourth-order valence-electron chi connectivity index (χ4n) is 0.353. The Bertz CT molecular complexity index is 58.7. The minimum atomic E-state index is -0.313. The molecule has 1 atom stereocenters. The molecule has 0 aliphatic heterocycles. The lowest BCUT2D eigenvalue weighted by atomic mass is 10.3. The SMILES string of the molecule is CO[C@@H](CO)CC=O. The van der Waals surface area contributed by atoms with Crippen molar-refractivity contribution in [3.05, 3.63) is 0 Å². The first-order valence-corrected chi connectivity index (χ1v) is 2.42. The van der Waals surface area contributed by atoms with Crippen LogP contribution in [0.3, 0.4) is 0 Å². The number of aldehydes is 1. The number of aliphatic hydroxyl groups excluding tert-OH is 1. The predicted octanol–water partition coefficient (Wildman–Crippen LogP) is -0.417. The number of aliphatic hydroxyl groups is 1. The molecule has 0 aromatic heterocycles. The van der Waals surface area contributed by atoms with Gasteiger partial charge in [0.1, 0.15) is 6.29 Å². The van der Waals surface area contributed by atoms with Gasteiger partial charge in [0.2, 0.25) is 0 Å². The molecule has 0 radical (unpaired) electrons. The molecule has 3 nitrogen and oxygen atoms in total. The Hall–Kier alpha value is -0.410. The maximum absolute atomic E-state index is 9.74. The Labute approximate surface area is 48.3 Å². The smallest absolute Gasteiger partial charge is 0.122 e. The van der Waals surface area contributed by atoms with Crippen molar-refractivity contribution >= 4 is 6.29 Å². The van der Waals surface area contributed by atoms with E-state index in [2.05, 4.69) is 4.74 Å². The maximum atomic E-state index is 9.74. The molecule has 0 saturated carbocycles. The molecule has 0 aliphatic carbocycles. The summed E-state index contributed by atoms with van der Waals surface area (Å²) < 4.78 is 4.66. The van der Waals surface area contributed by atoms with E-state index < -0.39 is 0 Å². The van der Waals surface area contributed by atoms with Crippen LogP contribution in [-0.2, 0) is 9.53 Å². The quantitative estimate of drug-likeness (QED) is 0.510. The number of carbonyl (C=O) groups is 1. The molecule has 0 heterocycles. The summed E-state index contributed by atoms with van der Waals surface area (Å²) in [4.78, 5) is 9.74. The van der Waals surface area contributed by atoms with Crippen LogP contribution >= 0.6 is 0 Å². The molecular weight excluding hydrogens is 108 g/mol. The molecule has 0 fully saturated rings. The number of methoxy groups -OCH3 is 1. The molecule has 0 rings (SSSR count). The molecule has 1 N–H and O–H groups in total. The molecule has 0 spiro atoms. The van der Waals surface area contributed by atoms with Gasteiger partial charge in [-0.2, -0.15) is 0 Å². The van der Waals surface area contributed by atoms with E-state index in [1.165, 1.54) is 7.11 Å². The average Bonchev–Trinajstić information content (AvgIpc) is 1.83. The summed E-state index contributed by atoms with van der Waals surface area (Å²) in [6, 6.07) is 0. The van der Waals surface area contributed by atoms with Gasteiger partial charge in [-0.05, 0) is 0 Å². The van der Waals surface area contributed by atoms with Gasteiger partial charge >= 0.3 is 0 Å². The van der Waals surface area contributed by atoms with Gasteiger partial charge in [0.25, 0.3) is 0 Å². The number of rotatable bonds is 4. The van der Waals surface area contributed by atoms with Crippen molar-refractivity contribution in [3.63, 3.8) is 0 Å². The Morgan fingerprint density at radius 1 is 1.88 bits per heavy atom. The zero-order chi connectivity index (χ0) is 6.41. The lowest BCUT2D eigenvalue weighted by molar-refractivity contribution is -0.110. The number of carbonyl (C=O) groups excluding carboxylic acids is 1. The van der Waals surface area contributed by atoms with E-state index in [-0.39, 0.29) is 19.1 Å². The van der Waals surface area contributed by atoms with Gasteiger partial charge in [-0.1, -0.05) is 0 Å². The van der Waals surface area contributed by atoms with Crippen LogP contribution in [0.5, 0.6) is 0 Å². The highest BCUT2D eigenvalue weighted by Crippen LogP contribution is 1.90. The molecule has 0 bridgehead atoms. The third-order valence-electron chi connectivity index (χ3n) is 0.896. The first-order valence-electron chi connectivity index (χ1n) is 2.42. The summed E-state index contributed by atoms with van der Waals surface area (Å²) in [5.41, 5.74) is 0. The fourth-order valence-corrected chi connectivity index (χ4v) is 0.353. The standard InChI is InChI=1S/C5H10O3/c1-8-5(4-7)2-3-6/h3,5,7H,2,4H2,1H3/t5-/m1/s1. The second kappa shape index (κ2) is 4.74. The summed E-state index contributed by atoms with van der Waals surface area (Å²) in [6.07, 6.45) is 0.685. The van der Waals surface area contributed by atoms with Gasteiger partial charge in [-0.25, -0.2) is 0 Å². The molecule has 0 amide bonds. The second-order valence-corrected chi connectivity index (χ2v) is 1.44. The highest BCUT2D eigenvalue weighted by molar-refractivity contribution is 5.50. The summed E-state index contributed by atoms with van der Waals surface area (Å²) in [7, 11) is 1.46. The van der Waals surface area contributed by atoms with Crippen molar-refractivity contribution < 1.29 is 14.6 Å². The van der Waals surface area contributed by atoms with Crippen LogP contribution in [0.25, 0.3) is 0 Å². The molecular formula is C5H10O3. The summed E-state index contributed by atoms with van der Waals surface area (Å²) in [6.45, 7) is -0.0881. The van der Waals surface area contributed by atoms with Gasteiger partial charge in [0, 0.05) is 13.5 Å². The van der Waals surface area contributed by atoms with Gasteiger partial charge in [0.05, 0.1) is 12.7 Å². The zero-order valence-corrected chi connectivity index (χ0v) is 4.83. The molecule has 0 aromatic rings. The van der Waals surface area contributed by atoms with Gasteiger partial charge < -0.3 is 14.6 Å². The van der Waals surface area contributed by atoms with Gasteiger partial charge in [-0.3, -0.25) is 0 Å². The lowest BCUT2D eigenvalue weighted by Gasteiger charge is -2.05. The monoisotopic (exact) mass is 118 g/mol. The van der Waals surface area contributed by atoms with E-state index in [4.69, 9.17) is 5.11 Å². The largest absolute Gasteiger partial charge is 0.394 e. The molecule has 3 heteroatoms. The van der Waals surface area contributed by atoms with Crippen LogP contribution in [0.4, 0.5) is 0 Å². The topological polar surface area (TPSA) is 46.5 Å². The molecule has 0 aromatic carbocycles. The summed E-state index contributed by atoms with van der Waals surface area (Å²) in [5.74, 6) is 0. The average molecular weight is 118 g/mol. The van der Waals surface area contributed by atoms with Crippen molar-refractivity contribution in [2.75, 3.05) is 13.7 Å². The first kappa shape index (κ1) is 7.59. The van der Waals surface area contributed by atoms with Crippen molar-refractivity contribution in [2.45, 2.75) is 12.5 Å². The van der Waals surface area contributed by atoms with Crippen molar-refractivity contribution in [2.24, 2.45) is 0 Å². The third kappa shape index (κ3) is 2.71. The second-order valence-electron chi connectivity index (χ2n) is 1.44. The fraction of sp³-hybridized carbons (Fsp3) is 0.800. The summed E-state index contributed by atoms with van der Waals surface area (Å²) in [5, 5.41) is 8.37. The van der Waals surface area contributed by atoms with E-state index in [9.17, 15) is 4.79 Å². The molecule has 0 unspecified atom stereocenters. The Morgan fingerprint density at radius 3 is 2.62 bits per heavy atom. The molecule has 8 heavy (non-hydrogen) atoms. The Morgan fingerprint density at radius 2 is 2.50 bits per heavy atom. The van der Waals surface area contributed by atoms with E-state index in [1.54, 1.807) is 0 Å². The maximum Gasteiger partial charge on any atom is 0.122 e. The predicted molar refractivity (Wildman–Crippen MR) is 28.6 cm³/mol. The van der Waals surface area contributed by atoms with E-state index in [1.807, 2.05) is 0 Å². The molecule has 0 aliphatic rings.